The minimum atomic E-state index is -0.653. The van der Waals surface area contributed by atoms with Crippen molar-refractivity contribution in [3.63, 3.8) is 0 Å². The number of thiophene rings is 1. The fraction of sp³-hybridized carbons (Fsp3) is 0.529. The Morgan fingerprint density at radius 3 is 3.09 bits per heavy atom. The molecule has 0 unspecified atom stereocenters. The molecule has 1 spiro atoms. The first kappa shape index (κ1) is 14.9. The van der Waals surface area contributed by atoms with E-state index in [4.69, 9.17) is 9.47 Å². The molecule has 2 saturated heterocycles. The van der Waals surface area contributed by atoms with Crippen molar-refractivity contribution in [2.45, 2.75) is 38.2 Å². The molecule has 5 nitrogen and oxygen atoms in total. The van der Waals surface area contributed by atoms with Gasteiger partial charge in [-0.1, -0.05) is 18.2 Å². The second-order valence-electron chi connectivity index (χ2n) is 6.66. The van der Waals surface area contributed by atoms with Crippen LogP contribution in [0.5, 0.6) is 0 Å². The average molecular weight is 333 g/mol. The zero-order chi connectivity index (χ0) is 16.2. The van der Waals surface area contributed by atoms with E-state index < -0.39 is 17.4 Å². The van der Waals surface area contributed by atoms with Crippen molar-refractivity contribution >= 4 is 23.2 Å². The fourth-order valence-corrected chi connectivity index (χ4v) is 4.60. The molecule has 122 valence electrons. The minimum absolute atomic E-state index is 0.00374. The Balaban J connectivity index is 1.59. The zero-order valence-electron chi connectivity index (χ0n) is 13.1. The third kappa shape index (κ3) is 2.23. The fourth-order valence-electron chi connectivity index (χ4n) is 3.88. The van der Waals surface area contributed by atoms with Crippen LogP contribution in [0, 0.1) is 11.8 Å². The highest BCUT2D eigenvalue weighted by Crippen LogP contribution is 2.52. The summed E-state index contributed by atoms with van der Waals surface area (Å²) >= 11 is 1.63. The van der Waals surface area contributed by atoms with Gasteiger partial charge in [0, 0.05) is 4.88 Å². The summed E-state index contributed by atoms with van der Waals surface area (Å²) in [6.07, 6.45) is 3.35. The number of hydrogen-bond acceptors (Lipinski definition) is 5. The van der Waals surface area contributed by atoms with Gasteiger partial charge in [-0.25, -0.2) is 0 Å². The molecule has 4 atom stereocenters. The largest absolute Gasteiger partial charge is 0.463 e. The van der Waals surface area contributed by atoms with Gasteiger partial charge in [-0.3, -0.25) is 9.59 Å². The molecule has 0 aromatic carbocycles. The van der Waals surface area contributed by atoms with Crippen LogP contribution in [0.1, 0.15) is 18.7 Å². The van der Waals surface area contributed by atoms with E-state index in [0.29, 0.717) is 13.1 Å². The van der Waals surface area contributed by atoms with Crippen LogP contribution in [0.15, 0.2) is 29.7 Å². The van der Waals surface area contributed by atoms with Crippen LogP contribution in [0.2, 0.25) is 0 Å². The van der Waals surface area contributed by atoms with Crippen molar-refractivity contribution in [1.82, 2.24) is 4.90 Å². The molecule has 3 aliphatic heterocycles. The summed E-state index contributed by atoms with van der Waals surface area (Å²) in [7, 11) is 0. The zero-order valence-corrected chi connectivity index (χ0v) is 13.9. The van der Waals surface area contributed by atoms with Crippen LogP contribution in [-0.4, -0.2) is 41.1 Å². The monoisotopic (exact) mass is 333 g/mol. The molecule has 0 aliphatic carbocycles. The molecule has 0 N–H and O–H groups in total. The summed E-state index contributed by atoms with van der Waals surface area (Å²) < 4.78 is 11.4. The summed E-state index contributed by atoms with van der Waals surface area (Å²) in [5.41, 5.74) is -0.653. The number of amides is 1. The lowest BCUT2D eigenvalue weighted by molar-refractivity contribution is -0.157. The van der Waals surface area contributed by atoms with Crippen molar-refractivity contribution in [3.8, 4) is 0 Å². The minimum Gasteiger partial charge on any atom is -0.463 e. The first-order chi connectivity index (χ1) is 11.0. The summed E-state index contributed by atoms with van der Waals surface area (Å²) in [4.78, 5) is 28.3. The van der Waals surface area contributed by atoms with Gasteiger partial charge < -0.3 is 14.4 Å². The quantitative estimate of drug-likeness (QED) is 0.624. The average Bonchev–Trinajstić information content (AvgIpc) is 3.21. The second kappa shape index (κ2) is 5.18. The van der Waals surface area contributed by atoms with E-state index in [1.54, 1.807) is 16.2 Å². The lowest BCUT2D eigenvalue weighted by atomic mass is 9.77. The number of esters is 1. The van der Waals surface area contributed by atoms with Crippen LogP contribution in [0.3, 0.4) is 0 Å². The Kier molecular flexibility index (Phi) is 3.35. The topological polar surface area (TPSA) is 55.8 Å². The summed E-state index contributed by atoms with van der Waals surface area (Å²) in [6, 6.07) is 3.99. The van der Waals surface area contributed by atoms with Crippen molar-refractivity contribution < 1.29 is 19.1 Å². The molecular weight excluding hydrogens is 314 g/mol. The van der Waals surface area contributed by atoms with Gasteiger partial charge in [0.05, 0.1) is 31.2 Å². The van der Waals surface area contributed by atoms with E-state index in [9.17, 15) is 9.59 Å². The molecule has 1 aromatic rings. The Morgan fingerprint density at radius 2 is 2.39 bits per heavy atom. The van der Waals surface area contributed by atoms with Gasteiger partial charge in [-0.05, 0) is 25.3 Å². The maximum absolute atomic E-state index is 12.9. The number of fused-ring (bicyclic) bond motifs is 1. The number of nitrogens with zero attached hydrogens (tertiary/aromatic N) is 1. The molecule has 1 amide bonds. The van der Waals surface area contributed by atoms with Gasteiger partial charge in [0.25, 0.3) is 0 Å². The SMILES string of the molecule is CC(C)OC(=O)[C@@H]1[C@@H]2C=C[C@@]3(CN(Cc4cccs4)C(=O)[C@@H]13)O2. The molecule has 4 heterocycles. The number of carbonyl (C=O) groups is 2. The molecule has 2 bridgehead atoms. The van der Waals surface area contributed by atoms with Crippen LogP contribution >= 0.6 is 11.3 Å². The maximum atomic E-state index is 12.9. The predicted molar refractivity (Wildman–Crippen MR) is 84.7 cm³/mol. The van der Waals surface area contributed by atoms with Gasteiger partial charge in [0.1, 0.15) is 11.5 Å². The summed E-state index contributed by atoms with van der Waals surface area (Å²) in [6.45, 7) is 4.71. The van der Waals surface area contributed by atoms with Crippen molar-refractivity contribution in [2.24, 2.45) is 11.8 Å². The Hall–Kier alpha value is -1.66. The van der Waals surface area contributed by atoms with E-state index >= 15 is 0 Å². The molecular formula is C17H19NO4S. The van der Waals surface area contributed by atoms with Gasteiger partial charge in [0.2, 0.25) is 5.91 Å². The van der Waals surface area contributed by atoms with Crippen molar-refractivity contribution in [2.75, 3.05) is 6.54 Å². The lowest BCUT2D eigenvalue weighted by Crippen LogP contribution is -2.40. The van der Waals surface area contributed by atoms with Crippen molar-refractivity contribution in [3.05, 3.63) is 34.5 Å². The number of carbonyl (C=O) groups excluding carboxylic acids is 2. The molecule has 4 rings (SSSR count). The third-order valence-corrected chi connectivity index (χ3v) is 5.59. The lowest BCUT2D eigenvalue weighted by Gasteiger charge is -2.23. The normalized spacial score (nSPS) is 34.5. The van der Waals surface area contributed by atoms with Gasteiger partial charge in [-0.2, -0.15) is 0 Å². The highest BCUT2D eigenvalue weighted by molar-refractivity contribution is 7.09. The van der Waals surface area contributed by atoms with E-state index in [1.807, 2.05) is 43.5 Å². The molecule has 1 aromatic heterocycles. The maximum Gasteiger partial charge on any atom is 0.313 e. The van der Waals surface area contributed by atoms with Gasteiger partial charge >= 0.3 is 5.97 Å². The van der Waals surface area contributed by atoms with Crippen LogP contribution in [-0.2, 0) is 25.6 Å². The molecule has 2 fully saturated rings. The molecule has 3 aliphatic rings. The van der Waals surface area contributed by atoms with Crippen LogP contribution in [0.4, 0.5) is 0 Å². The first-order valence-corrected chi connectivity index (χ1v) is 8.77. The number of likely N-dealkylation sites (tertiary alicyclic amines) is 1. The number of rotatable bonds is 4. The molecule has 0 saturated carbocycles. The number of ether oxygens (including phenoxy) is 2. The van der Waals surface area contributed by atoms with Gasteiger partial charge in [0.15, 0.2) is 0 Å². The Morgan fingerprint density at radius 1 is 1.57 bits per heavy atom. The molecule has 23 heavy (non-hydrogen) atoms. The van der Waals surface area contributed by atoms with Gasteiger partial charge in [-0.15, -0.1) is 11.3 Å². The molecule has 6 heteroatoms. The van der Waals surface area contributed by atoms with E-state index in [-0.39, 0.29) is 24.1 Å². The summed E-state index contributed by atoms with van der Waals surface area (Å²) in [5, 5.41) is 2.00. The summed E-state index contributed by atoms with van der Waals surface area (Å²) in [5.74, 6) is -1.31. The first-order valence-electron chi connectivity index (χ1n) is 7.89. The van der Waals surface area contributed by atoms with Crippen LogP contribution < -0.4 is 0 Å². The third-order valence-electron chi connectivity index (χ3n) is 4.73. The second-order valence-corrected chi connectivity index (χ2v) is 7.69. The van der Waals surface area contributed by atoms with E-state index in [2.05, 4.69) is 0 Å². The molecule has 0 radical (unpaired) electrons. The van der Waals surface area contributed by atoms with E-state index in [0.717, 1.165) is 4.88 Å². The van der Waals surface area contributed by atoms with Crippen LogP contribution in [0.25, 0.3) is 0 Å². The number of hydrogen-bond donors (Lipinski definition) is 0. The van der Waals surface area contributed by atoms with E-state index in [1.165, 1.54) is 0 Å². The Bertz CT molecular complexity index is 668. The smallest absolute Gasteiger partial charge is 0.313 e. The standard InChI is InChI=1S/C17H19NO4S/c1-10(2)21-16(20)13-12-5-6-17(22-12)9-18(15(19)14(13)17)8-11-4-3-7-23-11/h3-7,10,12-14H,8-9H2,1-2H3/t12-,13+,14+,17-/m0/s1. The Labute approximate surface area is 138 Å². The van der Waals surface area contributed by atoms with Crippen molar-refractivity contribution in [1.29, 1.82) is 0 Å². The highest BCUT2D eigenvalue weighted by atomic mass is 32.1. The predicted octanol–water partition coefficient (Wildman–Crippen LogP) is 1.98. The highest BCUT2D eigenvalue weighted by Gasteiger charge is 2.67.